The molecule has 1 aromatic rings. The minimum atomic E-state index is 0.428. The zero-order chi connectivity index (χ0) is 8.10. The first kappa shape index (κ1) is 8.02. The summed E-state index contributed by atoms with van der Waals surface area (Å²) in [5.74, 6) is 0.428. The van der Waals surface area contributed by atoms with E-state index in [0.29, 0.717) is 5.75 Å². The second kappa shape index (κ2) is 3.94. The van der Waals surface area contributed by atoms with Crippen LogP contribution < -0.4 is 0 Å². The molecule has 0 amide bonds. The Balaban J connectivity index is 2.60. The van der Waals surface area contributed by atoms with E-state index in [9.17, 15) is 0 Å². The van der Waals surface area contributed by atoms with Crippen molar-refractivity contribution in [3.05, 3.63) is 17.8 Å². The van der Waals surface area contributed by atoms with Crippen molar-refractivity contribution in [2.24, 2.45) is 0 Å². The number of nitriles is 1. The zero-order valence-corrected chi connectivity index (χ0v) is 6.93. The third-order valence-electron chi connectivity index (χ3n) is 1.06. The Morgan fingerprint density at radius 2 is 2.36 bits per heavy atom. The molecule has 1 rings (SSSR count). The first-order valence-electron chi connectivity index (χ1n) is 3.13. The summed E-state index contributed by atoms with van der Waals surface area (Å²) in [5, 5.41) is 16.8. The molecule has 0 bridgehead atoms. The number of hydrogen-bond acceptors (Lipinski definition) is 4. The number of thioether (sulfide) groups is 1. The lowest BCUT2D eigenvalue weighted by Crippen LogP contribution is -1.87. The van der Waals surface area contributed by atoms with E-state index < -0.39 is 0 Å². The smallest absolute Gasteiger partial charge is 0.120 e. The quantitative estimate of drug-likeness (QED) is 0.621. The van der Waals surface area contributed by atoms with Crippen LogP contribution >= 0.6 is 11.8 Å². The van der Waals surface area contributed by atoms with Gasteiger partial charge in [0.05, 0.1) is 17.5 Å². The molecule has 0 radical (unpaired) electrons. The third-order valence-corrected chi connectivity index (χ3v) is 1.84. The van der Waals surface area contributed by atoms with Gasteiger partial charge in [0.2, 0.25) is 0 Å². The number of hydrogen-bond donors (Lipinski definition) is 0. The molecule has 11 heavy (non-hydrogen) atoms. The summed E-state index contributed by atoms with van der Waals surface area (Å²) >= 11 is 1.39. The number of rotatable bonds is 2. The largest absolute Gasteiger partial charge is 0.197 e. The average molecular weight is 165 g/mol. The van der Waals surface area contributed by atoms with Gasteiger partial charge in [0.15, 0.2) is 0 Å². The van der Waals surface area contributed by atoms with Gasteiger partial charge in [0.25, 0.3) is 0 Å². The standard InChI is InChI=1S/C7H7N3S/c1-6-2-3-7(10-9-6)11-5-4-8/h2-3H,5H2,1H3. The Kier molecular flexibility index (Phi) is 2.87. The maximum atomic E-state index is 8.26. The maximum absolute atomic E-state index is 8.26. The fourth-order valence-electron chi connectivity index (χ4n) is 0.570. The van der Waals surface area contributed by atoms with Gasteiger partial charge in [-0.25, -0.2) is 0 Å². The number of aromatic nitrogens is 2. The van der Waals surface area contributed by atoms with Crippen LogP contribution in [0.4, 0.5) is 0 Å². The van der Waals surface area contributed by atoms with E-state index in [1.807, 2.05) is 25.1 Å². The highest BCUT2D eigenvalue weighted by Crippen LogP contribution is 2.12. The number of aryl methyl sites for hydroxylation is 1. The fraction of sp³-hybridized carbons (Fsp3) is 0.286. The van der Waals surface area contributed by atoms with Crippen molar-refractivity contribution >= 4 is 11.8 Å². The SMILES string of the molecule is Cc1ccc(SCC#N)nn1. The molecule has 1 aromatic heterocycles. The topological polar surface area (TPSA) is 49.6 Å². The van der Waals surface area contributed by atoms with E-state index in [1.54, 1.807) is 0 Å². The highest BCUT2D eigenvalue weighted by atomic mass is 32.2. The molecule has 0 saturated heterocycles. The molecule has 0 atom stereocenters. The van der Waals surface area contributed by atoms with Gasteiger partial charge >= 0.3 is 0 Å². The molecule has 4 heteroatoms. The van der Waals surface area contributed by atoms with Crippen LogP contribution in [0.25, 0.3) is 0 Å². The van der Waals surface area contributed by atoms with Crippen LogP contribution in [0.1, 0.15) is 5.69 Å². The lowest BCUT2D eigenvalue weighted by atomic mass is 10.4. The summed E-state index contributed by atoms with van der Waals surface area (Å²) < 4.78 is 0. The Morgan fingerprint density at radius 1 is 1.55 bits per heavy atom. The molecule has 0 aromatic carbocycles. The first-order chi connectivity index (χ1) is 5.33. The normalized spacial score (nSPS) is 9.09. The van der Waals surface area contributed by atoms with E-state index in [2.05, 4.69) is 10.2 Å². The van der Waals surface area contributed by atoms with E-state index >= 15 is 0 Å². The van der Waals surface area contributed by atoms with Gasteiger partial charge in [0, 0.05) is 0 Å². The van der Waals surface area contributed by atoms with E-state index in [4.69, 9.17) is 5.26 Å². The van der Waals surface area contributed by atoms with Gasteiger partial charge in [-0.15, -0.1) is 5.10 Å². The second-order valence-corrected chi connectivity index (χ2v) is 2.96. The molecule has 0 aliphatic rings. The zero-order valence-electron chi connectivity index (χ0n) is 6.11. The molecule has 0 aliphatic carbocycles. The minimum Gasteiger partial charge on any atom is -0.197 e. The monoisotopic (exact) mass is 165 g/mol. The van der Waals surface area contributed by atoms with Gasteiger partial charge < -0.3 is 0 Å². The Hall–Kier alpha value is -1.08. The number of nitrogens with zero attached hydrogens (tertiary/aromatic N) is 3. The predicted octanol–water partition coefficient (Wildman–Crippen LogP) is 1.40. The van der Waals surface area contributed by atoms with Crippen LogP contribution in [0.5, 0.6) is 0 Å². The van der Waals surface area contributed by atoms with Gasteiger partial charge in [0.1, 0.15) is 5.03 Å². The Morgan fingerprint density at radius 3 is 2.91 bits per heavy atom. The molecule has 0 spiro atoms. The van der Waals surface area contributed by atoms with Crippen LogP contribution in [0, 0.1) is 18.3 Å². The summed E-state index contributed by atoms with van der Waals surface area (Å²) in [6.45, 7) is 1.88. The molecule has 0 N–H and O–H groups in total. The molecule has 56 valence electrons. The summed E-state index contributed by atoms with van der Waals surface area (Å²) in [6, 6.07) is 5.77. The fourth-order valence-corrected chi connectivity index (χ4v) is 1.05. The van der Waals surface area contributed by atoms with Crippen molar-refractivity contribution < 1.29 is 0 Å². The maximum Gasteiger partial charge on any atom is 0.120 e. The van der Waals surface area contributed by atoms with Gasteiger partial charge in [-0.3, -0.25) is 0 Å². The minimum absolute atomic E-state index is 0.428. The van der Waals surface area contributed by atoms with Crippen molar-refractivity contribution in [3.8, 4) is 6.07 Å². The second-order valence-electron chi connectivity index (χ2n) is 1.96. The van der Waals surface area contributed by atoms with Crippen molar-refractivity contribution in [1.29, 1.82) is 5.26 Å². The van der Waals surface area contributed by atoms with Crippen LogP contribution in [0.15, 0.2) is 17.2 Å². The van der Waals surface area contributed by atoms with Crippen molar-refractivity contribution in [3.63, 3.8) is 0 Å². The average Bonchev–Trinajstić information content (AvgIpc) is 2.04. The molecule has 0 aliphatic heterocycles. The van der Waals surface area contributed by atoms with Crippen LogP contribution in [-0.2, 0) is 0 Å². The summed E-state index contributed by atoms with van der Waals surface area (Å²) in [6.07, 6.45) is 0. The van der Waals surface area contributed by atoms with Crippen molar-refractivity contribution in [1.82, 2.24) is 10.2 Å². The van der Waals surface area contributed by atoms with Gasteiger partial charge in [-0.05, 0) is 19.1 Å². The van der Waals surface area contributed by atoms with E-state index in [1.165, 1.54) is 11.8 Å². The molecule has 0 fully saturated rings. The van der Waals surface area contributed by atoms with Crippen LogP contribution in [0.3, 0.4) is 0 Å². The lowest BCUT2D eigenvalue weighted by Gasteiger charge is -1.93. The third kappa shape index (κ3) is 2.56. The van der Waals surface area contributed by atoms with Crippen LogP contribution in [0.2, 0.25) is 0 Å². The lowest BCUT2D eigenvalue weighted by molar-refractivity contribution is 0.896. The van der Waals surface area contributed by atoms with E-state index in [0.717, 1.165) is 10.7 Å². The molecular formula is C7H7N3S. The molecule has 0 unspecified atom stereocenters. The van der Waals surface area contributed by atoms with Crippen LogP contribution in [-0.4, -0.2) is 16.0 Å². The van der Waals surface area contributed by atoms with E-state index in [-0.39, 0.29) is 0 Å². The molecule has 0 saturated carbocycles. The summed E-state index contributed by atoms with van der Waals surface area (Å²) in [5.41, 5.74) is 0.895. The molecule has 1 heterocycles. The Labute approximate surface area is 69.4 Å². The summed E-state index contributed by atoms with van der Waals surface area (Å²) in [4.78, 5) is 0. The molecule has 3 nitrogen and oxygen atoms in total. The highest BCUT2D eigenvalue weighted by Gasteiger charge is 1.93. The predicted molar refractivity (Wildman–Crippen MR) is 43.1 cm³/mol. The van der Waals surface area contributed by atoms with Gasteiger partial charge in [-0.2, -0.15) is 10.4 Å². The Bertz CT molecular complexity index is 262. The summed E-state index contributed by atoms with van der Waals surface area (Å²) in [7, 11) is 0. The van der Waals surface area contributed by atoms with Crippen molar-refractivity contribution in [2.45, 2.75) is 11.9 Å². The highest BCUT2D eigenvalue weighted by molar-refractivity contribution is 7.99. The first-order valence-corrected chi connectivity index (χ1v) is 4.11. The molecular weight excluding hydrogens is 158 g/mol. The van der Waals surface area contributed by atoms with Gasteiger partial charge in [-0.1, -0.05) is 11.8 Å². The van der Waals surface area contributed by atoms with Crippen molar-refractivity contribution in [2.75, 3.05) is 5.75 Å².